The van der Waals surface area contributed by atoms with Gasteiger partial charge in [-0.1, -0.05) is 29.3 Å². The Balaban J connectivity index is 2.21. The van der Waals surface area contributed by atoms with Crippen molar-refractivity contribution in [2.45, 2.75) is 32.1 Å². The minimum absolute atomic E-state index is 0.0497. The second-order valence-corrected chi connectivity index (χ2v) is 6.75. The number of hydrogen-bond donors (Lipinski definition) is 1. The lowest BCUT2D eigenvalue weighted by molar-refractivity contribution is -0.136. The molecule has 3 rings (SSSR count). The van der Waals surface area contributed by atoms with E-state index in [4.69, 9.17) is 27.9 Å². The van der Waals surface area contributed by atoms with Gasteiger partial charge in [-0.05, 0) is 37.5 Å². The van der Waals surface area contributed by atoms with Crippen LogP contribution in [-0.2, 0) is 14.3 Å². The van der Waals surface area contributed by atoms with Gasteiger partial charge in [0.15, 0.2) is 5.78 Å². The van der Waals surface area contributed by atoms with Gasteiger partial charge in [0.1, 0.15) is 0 Å². The first-order chi connectivity index (χ1) is 11.4. The van der Waals surface area contributed by atoms with Crippen LogP contribution in [-0.4, -0.2) is 18.9 Å². The molecule has 24 heavy (non-hydrogen) atoms. The molecule has 0 radical (unpaired) electrons. The molecule has 0 amide bonds. The summed E-state index contributed by atoms with van der Waals surface area (Å²) in [6, 6.07) is 5.19. The molecule has 0 fully saturated rings. The number of ether oxygens (including phenoxy) is 1. The van der Waals surface area contributed by atoms with E-state index in [1.807, 2.05) is 6.92 Å². The molecule has 2 aliphatic rings. The fourth-order valence-electron chi connectivity index (χ4n) is 3.39. The van der Waals surface area contributed by atoms with Crippen molar-refractivity contribution in [2.75, 3.05) is 7.11 Å². The van der Waals surface area contributed by atoms with Crippen molar-refractivity contribution in [2.24, 2.45) is 0 Å². The molecular formula is C18H17Cl2NO3. The van der Waals surface area contributed by atoms with Crippen molar-refractivity contribution in [3.05, 3.63) is 56.3 Å². The number of carbonyl (C=O) groups is 2. The summed E-state index contributed by atoms with van der Waals surface area (Å²) in [5.41, 5.74) is 3.41. The third-order valence-corrected chi connectivity index (χ3v) is 5.20. The number of allylic oxidation sites excluding steroid dienone is 3. The zero-order valence-corrected chi connectivity index (χ0v) is 14.9. The van der Waals surface area contributed by atoms with E-state index in [0.29, 0.717) is 33.3 Å². The maximum atomic E-state index is 12.6. The van der Waals surface area contributed by atoms with Crippen molar-refractivity contribution in [1.29, 1.82) is 0 Å². The van der Waals surface area contributed by atoms with E-state index in [1.54, 1.807) is 18.2 Å². The average molecular weight is 366 g/mol. The van der Waals surface area contributed by atoms with Gasteiger partial charge in [0.05, 0.1) is 22.7 Å². The topological polar surface area (TPSA) is 55.4 Å². The van der Waals surface area contributed by atoms with Crippen LogP contribution in [0.1, 0.15) is 37.7 Å². The minimum atomic E-state index is -0.490. The lowest BCUT2D eigenvalue weighted by Gasteiger charge is -2.34. The summed E-state index contributed by atoms with van der Waals surface area (Å²) in [5, 5.41) is 4.04. The molecule has 1 atom stereocenters. The van der Waals surface area contributed by atoms with Crippen LogP contribution in [0.3, 0.4) is 0 Å². The first kappa shape index (κ1) is 17.1. The molecule has 1 aliphatic heterocycles. The quantitative estimate of drug-likeness (QED) is 0.800. The molecule has 0 aromatic heterocycles. The van der Waals surface area contributed by atoms with Crippen molar-refractivity contribution in [1.82, 2.24) is 5.32 Å². The summed E-state index contributed by atoms with van der Waals surface area (Å²) in [6.45, 7) is 1.82. The molecule has 1 unspecified atom stereocenters. The van der Waals surface area contributed by atoms with Crippen LogP contribution in [0.4, 0.5) is 0 Å². The van der Waals surface area contributed by atoms with Crippen LogP contribution >= 0.6 is 23.2 Å². The fraction of sp³-hybridized carbons (Fsp3) is 0.333. The summed E-state index contributed by atoms with van der Waals surface area (Å²) < 4.78 is 4.95. The number of rotatable bonds is 2. The Bertz CT molecular complexity index is 795. The van der Waals surface area contributed by atoms with E-state index in [2.05, 4.69) is 5.32 Å². The number of methoxy groups -OCH3 is 1. The van der Waals surface area contributed by atoms with E-state index in [9.17, 15) is 9.59 Å². The van der Waals surface area contributed by atoms with E-state index >= 15 is 0 Å². The second kappa shape index (κ2) is 6.61. The molecule has 1 aromatic carbocycles. The minimum Gasteiger partial charge on any atom is -0.466 e. The molecular weight excluding hydrogens is 349 g/mol. The summed E-state index contributed by atoms with van der Waals surface area (Å²) >= 11 is 12.2. The third kappa shape index (κ3) is 2.85. The molecule has 1 N–H and O–H groups in total. The third-order valence-electron chi connectivity index (χ3n) is 4.46. The zero-order chi connectivity index (χ0) is 17.4. The lowest BCUT2D eigenvalue weighted by atomic mass is 9.75. The molecule has 126 valence electrons. The predicted molar refractivity (Wildman–Crippen MR) is 92.9 cm³/mol. The number of hydrogen-bond acceptors (Lipinski definition) is 4. The van der Waals surface area contributed by atoms with Crippen LogP contribution in [0.15, 0.2) is 40.7 Å². The Morgan fingerprint density at radius 1 is 1.25 bits per heavy atom. The Morgan fingerprint density at radius 3 is 2.67 bits per heavy atom. The van der Waals surface area contributed by atoms with Gasteiger partial charge in [-0.15, -0.1) is 0 Å². The van der Waals surface area contributed by atoms with Gasteiger partial charge in [0.25, 0.3) is 0 Å². The number of carbonyl (C=O) groups excluding carboxylic acids is 2. The summed E-state index contributed by atoms with van der Waals surface area (Å²) in [4.78, 5) is 25.0. The normalized spacial score (nSPS) is 20.7. The standard InChI is InChI=1S/C18H17Cl2NO3/c1-9-15(18(23)24-2)16(10-6-7-11(19)12(20)8-10)17-13(21-9)4-3-5-14(17)22/h6-8,16,21H,3-5H2,1-2H3. The summed E-state index contributed by atoms with van der Waals surface area (Å²) in [6.07, 6.45) is 2.07. The van der Waals surface area contributed by atoms with Crippen LogP contribution in [0.5, 0.6) is 0 Å². The van der Waals surface area contributed by atoms with E-state index in [1.165, 1.54) is 7.11 Å². The molecule has 6 heteroatoms. The molecule has 0 saturated carbocycles. The highest BCUT2D eigenvalue weighted by Crippen LogP contribution is 2.43. The monoisotopic (exact) mass is 365 g/mol. The van der Waals surface area contributed by atoms with E-state index < -0.39 is 11.9 Å². The second-order valence-electron chi connectivity index (χ2n) is 5.93. The van der Waals surface area contributed by atoms with Crippen LogP contribution in [0.2, 0.25) is 10.0 Å². The average Bonchev–Trinajstić information content (AvgIpc) is 2.55. The first-order valence-electron chi connectivity index (χ1n) is 7.71. The van der Waals surface area contributed by atoms with Gasteiger partial charge in [-0.3, -0.25) is 4.79 Å². The van der Waals surface area contributed by atoms with Crippen LogP contribution in [0, 0.1) is 0 Å². The van der Waals surface area contributed by atoms with Crippen LogP contribution < -0.4 is 5.32 Å². The van der Waals surface area contributed by atoms with Crippen molar-refractivity contribution in [3.63, 3.8) is 0 Å². The summed E-state index contributed by atoms with van der Waals surface area (Å²) in [5.74, 6) is -0.897. The summed E-state index contributed by atoms with van der Waals surface area (Å²) in [7, 11) is 1.33. The number of ketones is 1. The SMILES string of the molecule is COC(=O)C1=C(C)NC2=C(C(=O)CCC2)C1c1ccc(Cl)c(Cl)c1. The first-order valence-corrected chi connectivity index (χ1v) is 8.47. The zero-order valence-electron chi connectivity index (χ0n) is 13.4. The molecule has 4 nitrogen and oxygen atoms in total. The van der Waals surface area contributed by atoms with Gasteiger partial charge in [0.2, 0.25) is 0 Å². The van der Waals surface area contributed by atoms with Gasteiger partial charge in [0, 0.05) is 29.3 Å². The molecule has 0 bridgehead atoms. The predicted octanol–water partition coefficient (Wildman–Crippen LogP) is 4.13. The molecule has 1 aliphatic carbocycles. The number of Topliss-reactive ketones (excluding diaryl/α,β-unsaturated/α-hetero) is 1. The largest absolute Gasteiger partial charge is 0.466 e. The smallest absolute Gasteiger partial charge is 0.336 e. The number of nitrogens with one attached hydrogen (secondary N) is 1. The van der Waals surface area contributed by atoms with Gasteiger partial charge in [-0.25, -0.2) is 4.79 Å². The maximum Gasteiger partial charge on any atom is 0.336 e. The van der Waals surface area contributed by atoms with Crippen molar-refractivity contribution < 1.29 is 14.3 Å². The maximum absolute atomic E-state index is 12.6. The molecule has 0 saturated heterocycles. The Kier molecular flexibility index (Phi) is 4.70. The Morgan fingerprint density at radius 2 is 2.00 bits per heavy atom. The highest BCUT2D eigenvalue weighted by Gasteiger charge is 2.38. The highest BCUT2D eigenvalue weighted by atomic mass is 35.5. The van der Waals surface area contributed by atoms with Gasteiger partial charge >= 0.3 is 5.97 Å². The van der Waals surface area contributed by atoms with E-state index in [-0.39, 0.29) is 5.78 Å². The number of benzene rings is 1. The number of esters is 1. The van der Waals surface area contributed by atoms with Crippen molar-refractivity contribution in [3.8, 4) is 0 Å². The Hall–Kier alpha value is -1.78. The lowest BCUT2D eigenvalue weighted by Crippen LogP contribution is -2.34. The Labute approximate surface area is 150 Å². The van der Waals surface area contributed by atoms with E-state index in [0.717, 1.165) is 24.1 Å². The molecule has 1 aromatic rings. The molecule has 1 heterocycles. The number of dihydropyridines is 1. The van der Waals surface area contributed by atoms with Gasteiger partial charge in [-0.2, -0.15) is 0 Å². The molecule has 0 spiro atoms. The van der Waals surface area contributed by atoms with Gasteiger partial charge < -0.3 is 10.1 Å². The van der Waals surface area contributed by atoms with Crippen molar-refractivity contribution >= 4 is 35.0 Å². The van der Waals surface area contributed by atoms with Crippen LogP contribution in [0.25, 0.3) is 0 Å². The highest BCUT2D eigenvalue weighted by molar-refractivity contribution is 6.42. The fourth-order valence-corrected chi connectivity index (χ4v) is 3.70. The number of halogens is 2.